The number of para-hydroxylation sites is 2. The quantitative estimate of drug-likeness (QED) is 0.415. The van der Waals surface area contributed by atoms with E-state index in [1.165, 1.54) is 18.3 Å². The van der Waals surface area contributed by atoms with Crippen LogP contribution in [-0.4, -0.2) is 30.3 Å². The number of hydrogen-bond acceptors (Lipinski definition) is 6. The first kappa shape index (κ1) is 19.6. The molecule has 0 unspecified atom stereocenters. The summed E-state index contributed by atoms with van der Waals surface area (Å²) in [4.78, 5) is 22.0. The minimum absolute atomic E-state index is 0.00636. The molecule has 0 aliphatic carbocycles. The molecule has 0 heterocycles. The van der Waals surface area contributed by atoms with E-state index >= 15 is 0 Å². The zero-order valence-electron chi connectivity index (χ0n) is 14.7. The van der Waals surface area contributed by atoms with Crippen LogP contribution in [-0.2, 0) is 4.79 Å². The van der Waals surface area contributed by atoms with Gasteiger partial charge in [0.2, 0.25) is 0 Å². The Bertz CT molecular complexity index is 849. The third kappa shape index (κ3) is 6.62. The fourth-order valence-corrected chi connectivity index (χ4v) is 2.07. The predicted molar refractivity (Wildman–Crippen MR) is 102 cm³/mol. The summed E-state index contributed by atoms with van der Waals surface area (Å²) in [7, 11) is 0. The number of carbonyl (C=O) groups is 1. The highest BCUT2D eigenvalue weighted by Crippen LogP contribution is 2.26. The summed E-state index contributed by atoms with van der Waals surface area (Å²) >= 11 is 0. The molecule has 0 spiro atoms. The zero-order chi connectivity index (χ0) is 19.5. The van der Waals surface area contributed by atoms with Crippen molar-refractivity contribution in [3.63, 3.8) is 0 Å². The molecule has 0 aromatic heterocycles. The summed E-state index contributed by atoms with van der Waals surface area (Å²) in [6.07, 6.45) is 4.56. The molecule has 2 aromatic rings. The van der Waals surface area contributed by atoms with E-state index in [-0.39, 0.29) is 12.3 Å². The second-order valence-electron chi connectivity index (χ2n) is 5.19. The lowest BCUT2D eigenvalue weighted by atomic mass is 10.2. The van der Waals surface area contributed by atoms with Gasteiger partial charge in [-0.05, 0) is 30.7 Å². The molecule has 0 atom stereocenters. The number of nitrogens with one attached hydrogen (secondary N) is 1. The van der Waals surface area contributed by atoms with E-state index in [0.29, 0.717) is 23.7 Å². The normalized spacial score (nSPS) is 10.9. The minimum Gasteiger partial charge on any atom is -0.490 e. The van der Waals surface area contributed by atoms with E-state index in [1.807, 2.05) is 13.0 Å². The Labute approximate surface area is 156 Å². The van der Waals surface area contributed by atoms with E-state index in [9.17, 15) is 14.9 Å². The number of carbonyl (C=O) groups excluding carboxylic acids is 1. The lowest BCUT2D eigenvalue weighted by Gasteiger charge is -2.10. The molecule has 140 valence electrons. The second kappa shape index (κ2) is 10.3. The average molecular weight is 369 g/mol. The molecule has 0 saturated carbocycles. The van der Waals surface area contributed by atoms with Gasteiger partial charge in [0.25, 0.3) is 11.6 Å². The molecule has 1 amide bonds. The van der Waals surface area contributed by atoms with Gasteiger partial charge in [0.1, 0.15) is 0 Å². The van der Waals surface area contributed by atoms with Crippen LogP contribution in [0.5, 0.6) is 11.5 Å². The Morgan fingerprint density at radius 1 is 1.19 bits per heavy atom. The number of rotatable bonds is 9. The van der Waals surface area contributed by atoms with Crippen molar-refractivity contribution in [3.8, 4) is 11.5 Å². The van der Waals surface area contributed by atoms with Gasteiger partial charge in [-0.3, -0.25) is 14.9 Å². The van der Waals surface area contributed by atoms with Crippen molar-refractivity contribution in [2.75, 3.05) is 13.2 Å². The highest BCUT2D eigenvalue weighted by Gasteiger charge is 2.06. The van der Waals surface area contributed by atoms with E-state index in [4.69, 9.17) is 9.47 Å². The van der Waals surface area contributed by atoms with Gasteiger partial charge in [0.05, 0.1) is 11.5 Å². The maximum Gasteiger partial charge on any atom is 0.277 e. The van der Waals surface area contributed by atoms with Crippen molar-refractivity contribution in [1.29, 1.82) is 0 Å². The Balaban J connectivity index is 1.80. The number of nitro benzene ring substituents is 1. The van der Waals surface area contributed by atoms with Gasteiger partial charge < -0.3 is 9.47 Å². The van der Waals surface area contributed by atoms with Gasteiger partial charge in [-0.1, -0.05) is 30.3 Å². The highest BCUT2D eigenvalue weighted by atomic mass is 16.6. The Morgan fingerprint density at radius 3 is 2.63 bits per heavy atom. The fourth-order valence-electron chi connectivity index (χ4n) is 2.07. The minimum atomic E-state index is -0.463. The van der Waals surface area contributed by atoms with Crippen LogP contribution in [0.25, 0.3) is 6.08 Å². The first-order chi connectivity index (χ1) is 13.1. The SMILES string of the molecule is CCOc1ccccc1OCC(=O)NN=CC=Cc1cccc([N+](=O)[O-])c1. The maximum absolute atomic E-state index is 11.7. The molecule has 1 N–H and O–H groups in total. The van der Waals surface area contributed by atoms with Crippen LogP contribution in [0.4, 0.5) is 5.69 Å². The average Bonchev–Trinajstić information content (AvgIpc) is 2.67. The monoisotopic (exact) mass is 369 g/mol. The van der Waals surface area contributed by atoms with Gasteiger partial charge >= 0.3 is 0 Å². The summed E-state index contributed by atoms with van der Waals surface area (Å²) in [5, 5.41) is 14.5. The molecular formula is C19H19N3O5. The van der Waals surface area contributed by atoms with Crippen molar-refractivity contribution in [2.45, 2.75) is 6.92 Å². The lowest BCUT2D eigenvalue weighted by Crippen LogP contribution is -2.24. The largest absolute Gasteiger partial charge is 0.490 e. The highest BCUT2D eigenvalue weighted by molar-refractivity contribution is 5.82. The van der Waals surface area contributed by atoms with Crippen LogP contribution in [0, 0.1) is 10.1 Å². The molecule has 8 heteroatoms. The number of hydrazone groups is 1. The Hall–Kier alpha value is -3.68. The van der Waals surface area contributed by atoms with E-state index in [0.717, 1.165) is 0 Å². The van der Waals surface area contributed by atoms with E-state index in [2.05, 4.69) is 10.5 Å². The summed E-state index contributed by atoms with van der Waals surface area (Å²) in [5.74, 6) is 0.613. The van der Waals surface area contributed by atoms with Crippen LogP contribution >= 0.6 is 0 Å². The molecule has 2 rings (SSSR count). The fraction of sp³-hybridized carbons (Fsp3) is 0.158. The van der Waals surface area contributed by atoms with Crippen molar-refractivity contribution in [3.05, 3.63) is 70.3 Å². The first-order valence-corrected chi connectivity index (χ1v) is 8.18. The Morgan fingerprint density at radius 2 is 1.93 bits per heavy atom. The van der Waals surface area contributed by atoms with E-state index in [1.54, 1.807) is 42.5 Å². The van der Waals surface area contributed by atoms with Gasteiger partial charge in [0.15, 0.2) is 18.1 Å². The lowest BCUT2D eigenvalue weighted by molar-refractivity contribution is -0.384. The molecule has 0 radical (unpaired) electrons. The van der Waals surface area contributed by atoms with Gasteiger partial charge in [-0.15, -0.1) is 0 Å². The molecule has 0 aliphatic rings. The summed E-state index contributed by atoms with van der Waals surface area (Å²) < 4.78 is 10.8. The summed E-state index contributed by atoms with van der Waals surface area (Å²) in [6.45, 7) is 2.14. The number of allylic oxidation sites excluding steroid dienone is 1. The standard InChI is InChI=1S/C19H19N3O5/c1-2-26-17-10-3-4-11-18(17)27-14-19(23)21-20-12-6-8-15-7-5-9-16(13-15)22(24)25/h3-13H,2,14H2,1H3,(H,21,23). The topological polar surface area (TPSA) is 103 Å². The third-order valence-corrected chi connectivity index (χ3v) is 3.23. The number of ether oxygens (including phenoxy) is 2. The number of benzene rings is 2. The van der Waals surface area contributed by atoms with Gasteiger partial charge in [0, 0.05) is 18.3 Å². The van der Waals surface area contributed by atoms with Crippen LogP contribution in [0.1, 0.15) is 12.5 Å². The van der Waals surface area contributed by atoms with Crippen LogP contribution < -0.4 is 14.9 Å². The zero-order valence-corrected chi connectivity index (χ0v) is 14.7. The molecule has 0 bridgehead atoms. The van der Waals surface area contributed by atoms with Crippen molar-refractivity contribution >= 4 is 23.9 Å². The van der Waals surface area contributed by atoms with Crippen LogP contribution in [0.2, 0.25) is 0 Å². The maximum atomic E-state index is 11.7. The molecule has 2 aromatic carbocycles. The molecule has 0 aliphatic heterocycles. The van der Waals surface area contributed by atoms with Gasteiger partial charge in [-0.2, -0.15) is 5.10 Å². The number of amides is 1. The number of nitro groups is 1. The van der Waals surface area contributed by atoms with Crippen LogP contribution in [0.3, 0.4) is 0 Å². The van der Waals surface area contributed by atoms with Crippen molar-refractivity contribution in [2.24, 2.45) is 5.10 Å². The third-order valence-electron chi connectivity index (χ3n) is 3.23. The molecular weight excluding hydrogens is 350 g/mol. The number of hydrogen-bond donors (Lipinski definition) is 1. The molecule has 0 fully saturated rings. The smallest absolute Gasteiger partial charge is 0.277 e. The molecule has 8 nitrogen and oxygen atoms in total. The van der Waals surface area contributed by atoms with Crippen LogP contribution in [0.15, 0.2) is 59.7 Å². The van der Waals surface area contributed by atoms with E-state index < -0.39 is 10.8 Å². The number of nitrogens with zero attached hydrogens (tertiary/aromatic N) is 2. The van der Waals surface area contributed by atoms with Gasteiger partial charge in [-0.25, -0.2) is 5.43 Å². The van der Waals surface area contributed by atoms with Crippen molar-refractivity contribution < 1.29 is 19.2 Å². The number of non-ortho nitro benzene ring substituents is 1. The van der Waals surface area contributed by atoms with Crippen molar-refractivity contribution in [1.82, 2.24) is 5.43 Å². The predicted octanol–water partition coefficient (Wildman–Crippen LogP) is 3.19. The summed E-state index contributed by atoms with van der Waals surface area (Å²) in [6, 6.07) is 13.2. The summed E-state index contributed by atoms with van der Waals surface area (Å²) in [5.41, 5.74) is 2.98. The Kier molecular flexibility index (Phi) is 7.52. The first-order valence-electron chi connectivity index (χ1n) is 8.18. The molecule has 27 heavy (non-hydrogen) atoms. The second-order valence-corrected chi connectivity index (χ2v) is 5.19. The molecule has 0 saturated heterocycles.